The Bertz CT molecular complexity index is 1270. The van der Waals surface area contributed by atoms with Crippen molar-refractivity contribution in [1.29, 1.82) is 0 Å². The number of H-pyrrole nitrogens is 1. The second-order valence-corrected chi connectivity index (χ2v) is 12.2. The predicted octanol–water partition coefficient (Wildman–Crippen LogP) is 2.45. The molecular weight excluding hydrogens is 474 g/mol. The van der Waals surface area contributed by atoms with Crippen LogP contribution in [0.2, 0.25) is 0 Å². The van der Waals surface area contributed by atoms with Gasteiger partial charge in [0.05, 0.1) is 16.9 Å². The SMILES string of the molecule is C[C@H](C(=O)O)N1C(=O)[C@H]2[C@@H]3C[C@@H]([C@@H]2C1=O)[C@H]1[C@H](c2ccc(N(C)C)cc2)c2sc(=O)[nH]c2S[C@H]31. The van der Waals surface area contributed by atoms with Gasteiger partial charge in [-0.15, -0.1) is 11.8 Å². The Morgan fingerprint density at radius 2 is 1.76 bits per heavy atom. The molecule has 2 saturated carbocycles. The number of benzene rings is 1. The molecule has 2 amide bonds. The van der Waals surface area contributed by atoms with E-state index in [2.05, 4.69) is 29.2 Å². The predicted molar refractivity (Wildman–Crippen MR) is 128 cm³/mol. The van der Waals surface area contributed by atoms with Crippen molar-refractivity contribution in [2.24, 2.45) is 29.6 Å². The Morgan fingerprint density at radius 3 is 2.38 bits per heavy atom. The van der Waals surface area contributed by atoms with E-state index >= 15 is 0 Å². The highest BCUT2D eigenvalue weighted by molar-refractivity contribution is 8.00. The van der Waals surface area contributed by atoms with Gasteiger partial charge in [0.2, 0.25) is 11.8 Å². The Labute approximate surface area is 204 Å². The molecule has 2 aliphatic heterocycles. The van der Waals surface area contributed by atoms with Crippen LogP contribution in [0.3, 0.4) is 0 Å². The van der Waals surface area contributed by atoms with Gasteiger partial charge in [-0.25, -0.2) is 4.79 Å². The van der Waals surface area contributed by atoms with Crippen LogP contribution in [-0.2, 0) is 14.4 Å². The van der Waals surface area contributed by atoms with Crippen LogP contribution in [0.25, 0.3) is 0 Å². The van der Waals surface area contributed by atoms with E-state index in [1.54, 1.807) is 11.8 Å². The van der Waals surface area contributed by atoms with Crippen LogP contribution in [0, 0.1) is 29.6 Å². The summed E-state index contributed by atoms with van der Waals surface area (Å²) < 4.78 is 0. The summed E-state index contributed by atoms with van der Waals surface area (Å²) in [7, 11) is 3.97. The van der Waals surface area contributed by atoms with Crippen LogP contribution < -0.4 is 9.77 Å². The van der Waals surface area contributed by atoms with Gasteiger partial charge in [0.15, 0.2) is 0 Å². The fraction of sp³-hybridized carbons (Fsp3) is 0.500. The van der Waals surface area contributed by atoms with Gasteiger partial charge in [-0.2, -0.15) is 0 Å². The molecule has 4 aliphatic rings. The van der Waals surface area contributed by atoms with Gasteiger partial charge in [0.1, 0.15) is 6.04 Å². The highest BCUT2D eigenvalue weighted by Gasteiger charge is 2.70. The molecule has 34 heavy (non-hydrogen) atoms. The van der Waals surface area contributed by atoms with Gasteiger partial charge in [-0.1, -0.05) is 23.5 Å². The summed E-state index contributed by atoms with van der Waals surface area (Å²) in [4.78, 5) is 57.6. The first kappa shape index (κ1) is 21.9. The van der Waals surface area contributed by atoms with Crippen LogP contribution in [0.1, 0.15) is 29.7 Å². The fourth-order valence-corrected chi connectivity index (χ4v) is 9.77. The zero-order valence-electron chi connectivity index (χ0n) is 18.9. The van der Waals surface area contributed by atoms with Crippen molar-refractivity contribution in [2.45, 2.75) is 35.6 Å². The molecule has 0 unspecified atom stereocenters. The number of hydrogen-bond acceptors (Lipinski definition) is 7. The number of aromatic amines is 1. The van der Waals surface area contributed by atoms with Crippen LogP contribution in [-0.4, -0.2) is 58.2 Å². The smallest absolute Gasteiger partial charge is 0.326 e. The van der Waals surface area contributed by atoms with E-state index in [1.165, 1.54) is 18.3 Å². The largest absolute Gasteiger partial charge is 0.480 e. The van der Waals surface area contributed by atoms with E-state index in [-0.39, 0.29) is 45.6 Å². The van der Waals surface area contributed by atoms with E-state index in [1.807, 2.05) is 19.0 Å². The molecule has 0 spiro atoms. The topological polar surface area (TPSA) is 111 Å². The molecule has 2 aromatic rings. The number of nitrogens with one attached hydrogen (secondary N) is 1. The first-order valence-electron chi connectivity index (χ1n) is 11.5. The number of fused-ring (bicyclic) bond motifs is 9. The number of thioether (sulfide) groups is 1. The van der Waals surface area contributed by atoms with Crippen molar-refractivity contribution >= 4 is 46.6 Å². The maximum atomic E-state index is 13.4. The van der Waals surface area contributed by atoms with Gasteiger partial charge in [0.25, 0.3) is 0 Å². The monoisotopic (exact) mass is 499 g/mol. The fourth-order valence-electron chi connectivity index (χ4n) is 6.89. The third kappa shape index (κ3) is 2.84. The lowest BCUT2D eigenvalue weighted by atomic mass is 9.68. The van der Waals surface area contributed by atoms with Crippen molar-refractivity contribution in [3.63, 3.8) is 0 Å². The number of carbonyl (C=O) groups is 3. The molecule has 1 saturated heterocycles. The molecule has 1 aromatic carbocycles. The molecule has 8 nitrogen and oxygen atoms in total. The van der Waals surface area contributed by atoms with Gasteiger partial charge in [0, 0.05) is 35.8 Å². The molecule has 2 aliphatic carbocycles. The van der Waals surface area contributed by atoms with Crippen LogP contribution in [0.15, 0.2) is 34.1 Å². The zero-order valence-corrected chi connectivity index (χ0v) is 20.6. The number of aliphatic carboxylic acids is 1. The number of aromatic nitrogens is 1. The van der Waals surface area contributed by atoms with Crippen LogP contribution in [0.4, 0.5) is 5.69 Å². The van der Waals surface area contributed by atoms with E-state index in [9.17, 15) is 24.3 Å². The summed E-state index contributed by atoms with van der Waals surface area (Å²) in [6.07, 6.45) is 0.788. The molecule has 2 N–H and O–H groups in total. The maximum absolute atomic E-state index is 13.4. The minimum Gasteiger partial charge on any atom is -0.480 e. The number of amides is 2. The minimum absolute atomic E-state index is 0.00690. The van der Waals surface area contributed by atoms with Crippen molar-refractivity contribution in [3.8, 4) is 0 Å². The van der Waals surface area contributed by atoms with Crippen LogP contribution in [0.5, 0.6) is 0 Å². The number of rotatable bonds is 4. The van der Waals surface area contributed by atoms with Gasteiger partial charge in [-0.05, 0) is 48.8 Å². The second kappa shape index (κ2) is 7.45. The molecule has 8 atom stereocenters. The number of hydrogen-bond donors (Lipinski definition) is 2. The summed E-state index contributed by atoms with van der Waals surface area (Å²) in [5.74, 6) is -2.73. The second-order valence-electron chi connectivity index (χ2n) is 10.0. The molecule has 0 radical (unpaired) electrons. The Hall–Kier alpha value is -2.59. The molecule has 10 heteroatoms. The average molecular weight is 500 g/mol. The molecule has 1 aromatic heterocycles. The first-order valence-corrected chi connectivity index (χ1v) is 13.1. The first-order chi connectivity index (χ1) is 16.2. The number of anilines is 1. The normalized spacial score (nSPS) is 34.1. The number of thiazole rings is 1. The minimum atomic E-state index is -1.17. The molecule has 3 fully saturated rings. The third-order valence-electron chi connectivity index (χ3n) is 8.27. The summed E-state index contributed by atoms with van der Waals surface area (Å²) in [6.45, 7) is 1.40. The van der Waals surface area contributed by atoms with Crippen molar-refractivity contribution in [3.05, 3.63) is 44.4 Å². The van der Waals surface area contributed by atoms with Crippen molar-refractivity contribution in [2.75, 3.05) is 19.0 Å². The van der Waals surface area contributed by atoms with Crippen molar-refractivity contribution in [1.82, 2.24) is 9.88 Å². The highest BCUT2D eigenvalue weighted by atomic mass is 32.2. The molecule has 6 rings (SSSR count). The lowest BCUT2D eigenvalue weighted by molar-refractivity contribution is -0.154. The Morgan fingerprint density at radius 1 is 1.12 bits per heavy atom. The quantitative estimate of drug-likeness (QED) is 0.622. The molecular formula is C24H25N3O5S2. The van der Waals surface area contributed by atoms with Crippen molar-refractivity contribution < 1.29 is 19.5 Å². The van der Waals surface area contributed by atoms with Gasteiger partial charge in [-0.3, -0.25) is 19.3 Å². The molecule has 2 bridgehead atoms. The summed E-state index contributed by atoms with van der Waals surface area (Å²) in [6, 6.07) is 7.18. The average Bonchev–Trinajstić information content (AvgIpc) is 3.52. The maximum Gasteiger partial charge on any atom is 0.326 e. The van der Waals surface area contributed by atoms with Gasteiger partial charge >= 0.3 is 10.8 Å². The molecule has 3 heterocycles. The molecule has 178 valence electrons. The van der Waals surface area contributed by atoms with E-state index < -0.39 is 23.8 Å². The Kier molecular flexibility index (Phi) is 4.80. The van der Waals surface area contributed by atoms with Gasteiger partial charge < -0.3 is 15.0 Å². The summed E-state index contributed by atoms with van der Waals surface area (Å²) in [5.41, 5.74) is 2.19. The lowest BCUT2D eigenvalue weighted by Crippen LogP contribution is -2.44. The summed E-state index contributed by atoms with van der Waals surface area (Å²) >= 11 is 2.87. The lowest BCUT2D eigenvalue weighted by Gasteiger charge is -2.43. The number of carboxylic acids is 1. The zero-order chi connectivity index (χ0) is 24.0. The van der Waals surface area contributed by atoms with Crippen LogP contribution >= 0.6 is 23.1 Å². The number of nitrogens with zero attached hydrogens (tertiary/aromatic N) is 2. The standard InChI is InChI=1S/C24H25N3O5S2/c1-9(23(30)31)27-21(28)16-12-8-13(17(16)22(27)29)18-15(12)14(19-20(33-18)25-24(32)34-19)10-4-6-11(7-5-10)26(2)3/h4-7,9,12-18H,8H2,1-3H3,(H,25,32)(H,30,31)/t9-,12-,13+,14+,15+,16+,17+,18-/m1/s1. The summed E-state index contributed by atoms with van der Waals surface area (Å²) in [5, 5.41) is 10.4. The number of carbonyl (C=O) groups excluding carboxylic acids is 2. The Balaban J connectivity index is 1.43. The number of imide groups is 1. The third-order valence-corrected chi connectivity index (χ3v) is 10.9. The van der Waals surface area contributed by atoms with E-state index in [4.69, 9.17) is 0 Å². The van der Waals surface area contributed by atoms with E-state index in [0.29, 0.717) is 0 Å². The van der Waals surface area contributed by atoms with E-state index in [0.717, 1.165) is 32.5 Å². The highest BCUT2D eigenvalue weighted by Crippen LogP contribution is 2.68. The number of likely N-dealkylation sites (tertiary alicyclic amines) is 1. The number of carboxylic acid groups (broad SMARTS) is 1.